The van der Waals surface area contributed by atoms with E-state index in [1.165, 1.54) is 81.0 Å². The van der Waals surface area contributed by atoms with Gasteiger partial charge in [0.05, 0.1) is 11.0 Å². The van der Waals surface area contributed by atoms with Crippen molar-refractivity contribution in [1.82, 2.24) is 4.57 Å². The quantitative estimate of drug-likeness (QED) is 0.191. The van der Waals surface area contributed by atoms with E-state index in [1.807, 2.05) is 11.3 Å². The molecule has 0 aliphatic heterocycles. The van der Waals surface area contributed by atoms with Gasteiger partial charge in [0.1, 0.15) is 0 Å². The number of nitrogens with zero attached hydrogens (tertiary/aromatic N) is 1. The largest absolute Gasteiger partial charge is 0.309 e. The van der Waals surface area contributed by atoms with Crippen LogP contribution in [0.1, 0.15) is 38.8 Å². The van der Waals surface area contributed by atoms with Crippen LogP contribution < -0.4 is 0 Å². The molecular formula is C42H33NS. The van der Waals surface area contributed by atoms with Crippen molar-refractivity contribution in [1.29, 1.82) is 0 Å². The van der Waals surface area contributed by atoms with Gasteiger partial charge in [0.25, 0.3) is 0 Å². The lowest BCUT2D eigenvalue weighted by Gasteiger charge is -2.48. The zero-order valence-corrected chi connectivity index (χ0v) is 26.3. The molecule has 0 fully saturated rings. The first kappa shape index (κ1) is 25.8. The summed E-state index contributed by atoms with van der Waals surface area (Å²) in [6.07, 6.45) is 0. The van der Waals surface area contributed by atoms with Crippen molar-refractivity contribution in [2.75, 3.05) is 0 Å². The van der Waals surface area contributed by atoms with Crippen LogP contribution in [0.15, 0.2) is 127 Å². The van der Waals surface area contributed by atoms with Crippen LogP contribution in [-0.4, -0.2) is 4.57 Å². The summed E-state index contributed by atoms with van der Waals surface area (Å²) < 4.78 is 5.16. The van der Waals surface area contributed by atoms with E-state index in [0.29, 0.717) is 0 Å². The highest BCUT2D eigenvalue weighted by molar-refractivity contribution is 7.26. The minimum Gasteiger partial charge on any atom is -0.309 e. The van der Waals surface area contributed by atoms with Gasteiger partial charge >= 0.3 is 0 Å². The Labute approximate surface area is 262 Å². The van der Waals surface area contributed by atoms with Gasteiger partial charge in [-0.05, 0) is 75.0 Å². The summed E-state index contributed by atoms with van der Waals surface area (Å²) in [5.74, 6) is 0. The molecule has 44 heavy (non-hydrogen) atoms. The number of thiophene rings is 1. The molecule has 6 aromatic carbocycles. The predicted molar refractivity (Wildman–Crippen MR) is 191 cm³/mol. The summed E-state index contributed by atoms with van der Waals surface area (Å²) in [5, 5.41) is 5.31. The normalized spacial score (nSPS) is 15.2. The zero-order valence-electron chi connectivity index (χ0n) is 25.5. The summed E-state index contributed by atoms with van der Waals surface area (Å²) in [6, 6.07) is 47.4. The monoisotopic (exact) mass is 583 g/mol. The van der Waals surface area contributed by atoms with E-state index >= 15 is 0 Å². The van der Waals surface area contributed by atoms with E-state index in [0.717, 1.165) is 0 Å². The summed E-state index contributed by atoms with van der Waals surface area (Å²) in [5.41, 5.74) is 11.8. The number of hydrogen-bond acceptors (Lipinski definition) is 1. The highest BCUT2D eigenvalue weighted by Crippen LogP contribution is 2.57. The fourth-order valence-corrected chi connectivity index (χ4v) is 8.98. The van der Waals surface area contributed by atoms with Crippen molar-refractivity contribution >= 4 is 53.3 Å². The molecule has 1 nitrogen and oxygen atoms in total. The molecule has 0 saturated carbocycles. The first-order chi connectivity index (χ1) is 21.3. The van der Waals surface area contributed by atoms with Crippen molar-refractivity contribution < 1.29 is 0 Å². The first-order valence-electron chi connectivity index (χ1n) is 15.5. The van der Waals surface area contributed by atoms with E-state index in [9.17, 15) is 0 Å². The van der Waals surface area contributed by atoms with Gasteiger partial charge in [0.2, 0.25) is 0 Å². The van der Waals surface area contributed by atoms with Gasteiger partial charge in [-0.1, -0.05) is 119 Å². The fourth-order valence-electron chi connectivity index (χ4n) is 7.71. The lowest BCUT2D eigenvalue weighted by Crippen LogP contribution is -2.43. The highest BCUT2D eigenvalue weighted by Gasteiger charge is 2.46. The van der Waals surface area contributed by atoms with Crippen LogP contribution in [0.5, 0.6) is 0 Å². The Kier molecular flexibility index (Phi) is 5.24. The molecule has 212 valence electrons. The fraction of sp³-hybridized carbons (Fsp3) is 0.143. The molecular weight excluding hydrogens is 551 g/mol. The third kappa shape index (κ3) is 3.35. The molecule has 0 saturated heterocycles. The summed E-state index contributed by atoms with van der Waals surface area (Å²) in [6.45, 7) is 9.72. The highest BCUT2D eigenvalue weighted by atomic mass is 32.1. The molecule has 2 heterocycles. The Hall–Kier alpha value is -4.66. The van der Waals surface area contributed by atoms with Gasteiger partial charge < -0.3 is 4.57 Å². The smallest absolute Gasteiger partial charge is 0.0541 e. The second-order valence-corrected chi connectivity index (χ2v) is 14.4. The molecule has 2 heteroatoms. The second-order valence-electron chi connectivity index (χ2n) is 13.4. The summed E-state index contributed by atoms with van der Waals surface area (Å²) in [4.78, 5) is 0. The van der Waals surface area contributed by atoms with Crippen LogP contribution >= 0.6 is 11.3 Å². The van der Waals surface area contributed by atoms with Gasteiger partial charge in [0, 0.05) is 42.2 Å². The van der Waals surface area contributed by atoms with Gasteiger partial charge in [-0.2, -0.15) is 0 Å². The summed E-state index contributed by atoms with van der Waals surface area (Å²) in [7, 11) is 0. The summed E-state index contributed by atoms with van der Waals surface area (Å²) >= 11 is 1.94. The molecule has 0 spiro atoms. The Bertz CT molecular complexity index is 2380. The van der Waals surface area contributed by atoms with Crippen LogP contribution in [0, 0.1) is 0 Å². The third-order valence-corrected chi connectivity index (χ3v) is 12.0. The molecule has 0 unspecified atom stereocenters. The van der Waals surface area contributed by atoms with Crippen molar-refractivity contribution in [3.8, 4) is 27.9 Å². The molecule has 0 bridgehead atoms. The van der Waals surface area contributed by atoms with Gasteiger partial charge in [-0.25, -0.2) is 0 Å². The van der Waals surface area contributed by atoms with Crippen LogP contribution in [-0.2, 0) is 10.8 Å². The van der Waals surface area contributed by atoms with Crippen LogP contribution in [0.2, 0.25) is 0 Å². The minimum absolute atomic E-state index is 0.0291. The Morgan fingerprint density at radius 3 is 1.80 bits per heavy atom. The molecule has 1 aliphatic rings. The van der Waals surface area contributed by atoms with Crippen LogP contribution in [0.3, 0.4) is 0 Å². The van der Waals surface area contributed by atoms with Gasteiger partial charge in [0.15, 0.2) is 0 Å². The Morgan fingerprint density at radius 2 is 1.09 bits per heavy atom. The van der Waals surface area contributed by atoms with E-state index in [2.05, 4.69) is 160 Å². The first-order valence-corrected chi connectivity index (χ1v) is 16.3. The standard InChI is InChI=1S/C42H33NS/c1-41(2)34-24-23-32-31-13-7-10-16-38(31)44-40(32)39(34)33-22-19-27(25-35(33)42(41,3)4)26-17-20-28(21-18-26)43-36-14-8-5-11-29(36)30-12-6-9-15-37(30)43/h5-25H,1-4H3. The minimum atomic E-state index is -0.0430. The van der Waals surface area contributed by atoms with Crippen molar-refractivity contribution in [2.45, 2.75) is 38.5 Å². The number of fused-ring (bicyclic) bond motifs is 10. The number of rotatable bonds is 2. The maximum absolute atomic E-state index is 2.47. The van der Waals surface area contributed by atoms with Crippen molar-refractivity contribution in [3.05, 3.63) is 139 Å². The topological polar surface area (TPSA) is 4.93 Å². The van der Waals surface area contributed by atoms with E-state index in [-0.39, 0.29) is 10.8 Å². The maximum atomic E-state index is 2.47. The molecule has 0 radical (unpaired) electrons. The lowest BCUT2D eigenvalue weighted by molar-refractivity contribution is 0.299. The van der Waals surface area contributed by atoms with E-state index in [1.54, 1.807) is 0 Å². The SMILES string of the molecule is CC1(C)c2cc(-c3ccc(-n4c5ccccc5c5ccccc54)cc3)ccc2-c2c(ccc3c2sc2ccccc23)C1(C)C. The number of hydrogen-bond donors (Lipinski definition) is 0. The van der Waals surface area contributed by atoms with Crippen molar-refractivity contribution in [3.63, 3.8) is 0 Å². The van der Waals surface area contributed by atoms with Crippen molar-refractivity contribution in [2.24, 2.45) is 0 Å². The molecule has 2 aromatic heterocycles. The predicted octanol–water partition coefficient (Wildman–Crippen LogP) is 12.1. The lowest BCUT2D eigenvalue weighted by atomic mass is 9.55. The Morgan fingerprint density at radius 1 is 0.500 bits per heavy atom. The maximum Gasteiger partial charge on any atom is 0.0541 e. The van der Waals surface area contributed by atoms with E-state index in [4.69, 9.17) is 0 Å². The second kappa shape index (κ2) is 8.94. The molecule has 0 amide bonds. The molecule has 0 atom stereocenters. The van der Waals surface area contributed by atoms with Gasteiger partial charge in [-0.15, -0.1) is 11.3 Å². The Balaban J connectivity index is 1.21. The van der Waals surface area contributed by atoms with Crippen LogP contribution in [0.25, 0.3) is 69.9 Å². The number of aromatic nitrogens is 1. The van der Waals surface area contributed by atoms with E-state index < -0.39 is 0 Å². The number of benzene rings is 6. The average Bonchev–Trinajstić information content (AvgIpc) is 3.60. The third-order valence-electron chi connectivity index (χ3n) is 10.8. The molecule has 1 aliphatic carbocycles. The van der Waals surface area contributed by atoms with Crippen LogP contribution in [0.4, 0.5) is 0 Å². The molecule has 0 N–H and O–H groups in total. The molecule has 9 rings (SSSR count). The zero-order chi connectivity index (χ0) is 29.8. The number of para-hydroxylation sites is 2. The average molecular weight is 584 g/mol. The van der Waals surface area contributed by atoms with Gasteiger partial charge in [-0.3, -0.25) is 0 Å². The molecule has 8 aromatic rings.